The zero-order valence-corrected chi connectivity index (χ0v) is 22.5. The van der Waals surface area contributed by atoms with Gasteiger partial charge in [-0.25, -0.2) is 4.98 Å². The van der Waals surface area contributed by atoms with Gasteiger partial charge < -0.3 is 4.57 Å². The van der Waals surface area contributed by atoms with Crippen molar-refractivity contribution in [2.24, 2.45) is 0 Å². The van der Waals surface area contributed by atoms with Crippen LogP contribution in [-0.4, -0.2) is 9.55 Å². The Labute approximate surface area is 236 Å². The fraction of sp³-hybridized carbons (Fsp3) is 0. The fourth-order valence-corrected chi connectivity index (χ4v) is 6.64. The number of hydrogen-bond acceptors (Lipinski definition) is 2. The number of rotatable bonds is 4. The number of benzene rings is 6. The lowest BCUT2D eigenvalue weighted by Gasteiger charge is -2.09. The fourth-order valence-electron chi connectivity index (χ4n) is 5.67. The first kappa shape index (κ1) is 22.9. The molecule has 6 aromatic carbocycles. The molecule has 2 nitrogen and oxygen atoms in total. The third-order valence-electron chi connectivity index (χ3n) is 7.65. The molecule has 2 aromatic heterocycles. The molecule has 8 rings (SSSR count). The molecule has 0 spiro atoms. The van der Waals surface area contributed by atoms with E-state index in [-0.39, 0.29) is 0 Å². The average molecular weight is 529 g/mol. The zero-order chi connectivity index (χ0) is 26.5. The van der Waals surface area contributed by atoms with Crippen molar-refractivity contribution in [1.82, 2.24) is 9.55 Å². The number of nitrogens with zero attached hydrogens (tertiary/aromatic N) is 2. The Morgan fingerprint density at radius 1 is 0.450 bits per heavy atom. The molecule has 0 radical (unpaired) electrons. The summed E-state index contributed by atoms with van der Waals surface area (Å²) in [6, 6.07) is 52.1. The Balaban J connectivity index is 1.31. The van der Waals surface area contributed by atoms with Crippen molar-refractivity contribution in [2.45, 2.75) is 0 Å². The maximum Gasteiger partial charge on any atom is 0.124 e. The predicted molar refractivity (Wildman–Crippen MR) is 170 cm³/mol. The van der Waals surface area contributed by atoms with Gasteiger partial charge in [-0.15, -0.1) is 11.3 Å². The second-order valence-electron chi connectivity index (χ2n) is 10.1. The molecule has 3 heteroatoms. The molecule has 0 N–H and O–H groups in total. The normalized spacial score (nSPS) is 11.5. The van der Waals surface area contributed by atoms with E-state index >= 15 is 0 Å². The highest BCUT2D eigenvalue weighted by atomic mass is 32.1. The first-order chi connectivity index (χ1) is 19.8. The minimum absolute atomic E-state index is 1.05. The van der Waals surface area contributed by atoms with Gasteiger partial charge in [0.25, 0.3) is 0 Å². The molecule has 2 heterocycles. The van der Waals surface area contributed by atoms with Gasteiger partial charge in [-0.2, -0.15) is 0 Å². The highest BCUT2D eigenvalue weighted by Crippen LogP contribution is 2.38. The van der Waals surface area contributed by atoms with Gasteiger partial charge in [0.05, 0.1) is 21.3 Å². The van der Waals surface area contributed by atoms with Crippen molar-refractivity contribution in [2.75, 3.05) is 0 Å². The summed E-state index contributed by atoms with van der Waals surface area (Å²) in [5.41, 5.74) is 10.6. The highest BCUT2D eigenvalue weighted by molar-refractivity contribution is 7.21. The molecule has 0 aliphatic rings. The molecule has 0 aliphatic carbocycles. The molecule has 40 heavy (non-hydrogen) atoms. The van der Waals surface area contributed by atoms with Crippen LogP contribution in [0, 0.1) is 0 Å². The van der Waals surface area contributed by atoms with Gasteiger partial charge in [0.15, 0.2) is 0 Å². The molecular weight excluding hydrogens is 504 g/mol. The van der Waals surface area contributed by atoms with E-state index in [1.165, 1.54) is 48.8 Å². The van der Waals surface area contributed by atoms with Gasteiger partial charge in [0, 0.05) is 22.0 Å². The summed E-state index contributed by atoms with van der Waals surface area (Å²) in [5.74, 6) is 0. The Morgan fingerprint density at radius 3 is 1.55 bits per heavy atom. The Hall–Kier alpha value is -4.99. The monoisotopic (exact) mass is 528 g/mol. The van der Waals surface area contributed by atoms with Crippen LogP contribution in [-0.2, 0) is 0 Å². The third kappa shape index (κ3) is 3.83. The lowest BCUT2D eigenvalue weighted by atomic mass is 10.0. The molecule has 0 saturated heterocycles. The summed E-state index contributed by atoms with van der Waals surface area (Å²) >= 11 is 1.74. The van der Waals surface area contributed by atoms with Crippen molar-refractivity contribution in [3.05, 3.63) is 146 Å². The van der Waals surface area contributed by atoms with Crippen LogP contribution in [0.4, 0.5) is 0 Å². The first-order valence-corrected chi connectivity index (χ1v) is 14.3. The number of fused-ring (bicyclic) bond motifs is 4. The maximum absolute atomic E-state index is 4.86. The molecule has 8 aromatic rings. The maximum atomic E-state index is 4.86. The largest absolute Gasteiger partial charge is 0.309 e. The summed E-state index contributed by atoms with van der Waals surface area (Å²) in [7, 11) is 0. The van der Waals surface area contributed by atoms with E-state index in [4.69, 9.17) is 4.98 Å². The van der Waals surface area contributed by atoms with E-state index < -0.39 is 0 Å². The van der Waals surface area contributed by atoms with Gasteiger partial charge in [-0.1, -0.05) is 84.9 Å². The standard InChI is InChI=1S/C37H24N2S/c1-3-9-25(10-4-1)28-17-21-34-31(23-28)32-24-29(26-11-5-2-6-12-26)18-22-35(32)39(34)30-19-15-27(16-20-30)37-38-33-13-7-8-14-36(33)40-37/h1-24H. The summed E-state index contributed by atoms with van der Waals surface area (Å²) in [4.78, 5) is 4.86. The SMILES string of the molecule is c1ccc(-c2ccc3c(c2)c2cc(-c4ccccc4)ccc2n3-c2ccc(-c3nc4ccccc4s3)cc2)cc1. The molecule has 0 unspecified atom stereocenters. The van der Waals surface area contributed by atoms with Crippen molar-refractivity contribution in [3.63, 3.8) is 0 Å². The zero-order valence-electron chi connectivity index (χ0n) is 21.7. The van der Waals surface area contributed by atoms with Crippen LogP contribution >= 0.6 is 11.3 Å². The van der Waals surface area contributed by atoms with Crippen LogP contribution in [0.1, 0.15) is 0 Å². The van der Waals surface area contributed by atoms with Crippen molar-refractivity contribution in [1.29, 1.82) is 0 Å². The molecule has 0 atom stereocenters. The Bertz CT molecular complexity index is 2010. The summed E-state index contributed by atoms with van der Waals surface area (Å²) < 4.78 is 3.60. The Kier molecular flexibility index (Phi) is 5.35. The van der Waals surface area contributed by atoms with E-state index in [0.29, 0.717) is 0 Å². The highest BCUT2D eigenvalue weighted by Gasteiger charge is 2.15. The van der Waals surface area contributed by atoms with Crippen molar-refractivity contribution >= 4 is 43.4 Å². The van der Waals surface area contributed by atoms with Gasteiger partial charge in [-0.05, 0) is 82.9 Å². The average Bonchev–Trinajstić information content (AvgIpc) is 3.61. The lowest BCUT2D eigenvalue weighted by Crippen LogP contribution is -1.94. The first-order valence-electron chi connectivity index (χ1n) is 13.5. The minimum Gasteiger partial charge on any atom is -0.309 e. The molecule has 188 valence electrons. The second-order valence-corrected chi connectivity index (χ2v) is 11.1. The lowest BCUT2D eigenvalue weighted by molar-refractivity contribution is 1.18. The number of aromatic nitrogens is 2. The molecule has 0 amide bonds. The predicted octanol–water partition coefficient (Wildman–Crippen LogP) is 10.4. The minimum atomic E-state index is 1.05. The molecule has 0 fully saturated rings. The quantitative estimate of drug-likeness (QED) is 0.222. The second kappa shape index (κ2) is 9.33. The van der Waals surface area contributed by atoms with E-state index in [1.54, 1.807) is 11.3 Å². The molecule has 0 saturated carbocycles. The molecule has 0 bridgehead atoms. The van der Waals surface area contributed by atoms with Crippen LogP contribution in [0.5, 0.6) is 0 Å². The van der Waals surface area contributed by atoms with Crippen LogP contribution in [0.25, 0.3) is 70.5 Å². The third-order valence-corrected chi connectivity index (χ3v) is 8.73. The van der Waals surface area contributed by atoms with E-state index in [9.17, 15) is 0 Å². The van der Waals surface area contributed by atoms with Crippen LogP contribution in [0.15, 0.2) is 146 Å². The summed E-state index contributed by atoms with van der Waals surface area (Å²) in [6.07, 6.45) is 0. The van der Waals surface area contributed by atoms with Gasteiger partial charge in [-0.3, -0.25) is 0 Å². The van der Waals surface area contributed by atoms with E-state index in [2.05, 4.69) is 144 Å². The van der Waals surface area contributed by atoms with Gasteiger partial charge in [0.2, 0.25) is 0 Å². The van der Waals surface area contributed by atoms with E-state index in [0.717, 1.165) is 21.8 Å². The van der Waals surface area contributed by atoms with Crippen LogP contribution in [0.2, 0.25) is 0 Å². The molecule has 0 aliphatic heterocycles. The van der Waals surface area contributed by atoms with Crippen molar-refractivity contribution in [3.8, 4) is 38.5 Å². The van der Waals surface area contributed by atoms with Crippen LogP contribution < -0.4 is 0 Å². The van der Waals surface area contributed by atoms with Gasteiger partial charge >= 0.3 is 0 Å². The number of para-hydroxylation sites is 1. The topological polar surface area (TPSA) is 17.8 Å². The van der Waals surface area contributed by atoms with Gasteiger partial charge in [0.1, 0.15) is 5.01 Å². The molecular formula is C37H24N2S. The smallest absolute Gasteiger partial charge is 0.124 e. The summed E-state index contributed by atoms with van der Waals surface area (Å²) in [6.45, 7) is 0. The van der Waals surface area contributed by atoms with Crippen molar-refractivity contribution < 1.29 is 0 Å². The summed E-state index contributed by atoms with van der Waals surface area (Å²) in [5, 5.41) is 3.56. The van der Waals surface area contributed by atoms with Crippen LogP contribution in [0.3, 0.4) is 0 Å². The number of hydrogen-bond donors (Lipinski definition) is 0. The number of thiazole rings is 1. The van der Waals surface area contributed by atoms with E-state index in [1.807, 2.05) is 6.07 Å². The Morgan fingerprint density at radius 2 is 0.975 bits per heavy atom.